The van der Waals surface area contributed by atoms with Crippen LogP contribution in [0.1, 0.15) is 24.1 Å². The number of imide groups is 1. The zero-order valence-electron chi connectivity index (χ0n) is 17.9. The minimum Gasteiger partial charge on any atom is -0.494 e. The molecule has 3 atom stereocenters. The summed E-state index contributed by atoms with van der Waals surface area (Å²) in [6.07, 6.45) is -0.940. The van der Waals surface area contributed by atoms with Crippen LogP contribution < -0.4 is 14.7 Å². The van der Waals surface area contributed by atoms with Crippen molar-refractivity contribution in [2.45, 2.75) is 19.1 Å². The molecule has 7 nitrogen and oxygen atoms in total. The average Bonchev–Trinajstić information content (AvgIpc) is 3.36. The summed E-state index contributed by atoms with van der Waals surface area (Å²) in [5, 5.41) is 10.8. The fraction of sp³-hybridized carbons (Fsp3) is 0.192. The molecule has 0 saturated carbocycles. The van der Waals surface area contributed by atoms with Crippen molar-refractivity contribution in [2.24, 2.45) is 5.92 Å². The van der Waals surface area contributed by atoms with Crippen molar-refractivity contribution in [3.05, 3.63) is 90.0 Å². The van der Waals surface area contributed by atoms with Gasteiger partial charge in [0.15, 0.2) is 6.10 Å². The second kappa shape index (κ2) is 8.41. The molecule has 2 heterocycles. The van der Waals surface area contributed by atoms with E-state index in [1.165, 1.54) is 4.90 Å². The van der Waals surface area contributed by atoms with E-state index < -0.39 is 24.0 Å². The van der Waals surface area contributed by atoms with Gasteiger partial charge in [-0.2, -0.15) is 5.26 Å². The molecule has 3 aromatic carbocycles. The van der Waals surface area contributed by atoms with Gasteiger partial charge in [-0.3, -0.25) is 14.4 Å². The zero-order valence-corrected chi connectivity index (χ0v) is 17.9. The lowest BCUT2D eigenvalue weighted by molar-refractivity contribution is -0.126. The molecule has 0 aromatic heterocycles. The number of para-hydroxylation sites is 1. The highest BCUT2D eigenvalue weighted by atomic mass is 16.7. The van der Waals surface area contributed by atoms with Crippen LogP contribution in [0.2, 0.25) is 0 Å². The van der Waals surface area contributed by atoms with Crippen LogP contribution in [0, 0.1) is 17.2 Å². The van der Waals surface area contributed by atoms with E-state index in [1.807, 2.05) is 49.4 Å². The standard InChI is InChI=1S/C26H21N3O4/c1-2-32-21-14-12-19(13-15-21)28-25(30)22-23(18-10-8-17(16-27)9-11-18)29(33-24(22)26(28)31)20-6-4-3-5-7-20/h3-15,22-24H,2H2,1H3. The van der Waals surface area contributed by atoms with Crippen molar-refractivity contribution in [1.29, 1.82) is 5.26 Å². The molecule has 2 amide bonds. The van der Waals surface area contributed by atoms with Crippen molar-refractivity contribution in [1.82, 2.24) is 0 Å². The van der Waals surface area contributed by atoms with Crippen molar-refractivity contribution < 1.29 is 19.2 Å². The van der Waals surface area contributed by atoms with Gasteiger partial charge < -0.3 is 4.74 Å². The first kappa shape index (κ1) is 20.7. The molecule has 0 bridgehead atoms. The van der Waals surface area contributed by atoms with Gasteiger partial charge >= 0.3 is 0 Å². The Bertz CT molecular complexity index is 1220. The Morgan fingerprint density at radius 1 is 0.909 bits per heavy atom. The predicted molar refractivity (Wildman–Crippen MR) is 121 cm³/mol. The third kappa shape index (κ3) is 3.51. The van der Waals surface area contributed by atoms with Gasteiger partial charge in [0.2, 0.25) is 5.91 Å². The quantitative estimate of drug-likeness (QED) is 0.559. The molecule has 0 N–H and O–H groups in total. The maximum atomic E-state index is 13.6. The number of anilines is 2. The predicted octanol–water partition coefficient (Wildman–Crippen LogP) is 4.01. The number of rotatable bonds is 5. The largest absolute Gasteiger partial charge is 0.494 e. The number of hydroxylamine groups is 1. The van der Waals surface area contributed by atoms with Crippen LogP contribution in [-0.4, -0.2) is 24.5 Å². The number of hydrogen-bond donors (Lipinski definition) is 0. The molecule has 2 aliphatic heterocycles. The van der Waals surface area contributed by atoms with E-state index in [0.29, 0.717) is 23.6 Å². The third-order valence-electron chi connectivity index (χ3n) is 5.91. The topological polar surface area (TPSA) is 82.9 Å². The molecule has 5 rings (SSSR count). The van der Waals surface area contributed by atoms with Crippen LogP contribution in [-0.2, 0) is 14.4 Å². The van der Waals surface area contributed by atoms with Crippen LogP contribution in [0.3, 0.4) is 0 Å². The van der Waals surface area contributed by atoms with E-state index in [-0.39, 0.29) is 5.91 Å². The summed E-state index contributed by atoms with van der Waals surface area (Å²) < 4.78 is 5.47. The monoisotopic (exact) mass is 439 g/mol. The van der Waals surface area contributed by atoms with Crippen molar-refractivity contribution in [3.8, 4) is 11.8 Å². The minimum absolute atomic E-state index is 0.318. The molecule has 7 heteroatoms. The highest BCUT2D eigenvalue weighted by Gasteiger charge is 2.60. The smallest absolute Gasteiger partial charge is 0.266 e. The maximum absolute atomic E-state index is 13.6. The summed E-state index contributed by atoms with van der Waals surface area (Å²) in [4.78, 5) is 34.3. The van der Waals surface area contributed by atoms with Gasteiger partial charge in [0, 0.05) is 0 Å². The molecule has 3 aromatic rings. The van der Waals surface area contributed by atoms with Crippen LogP contribution in [0.15, 0.2) is 78.9 Å². The summed E-state index contributed by atoms with van der Waals surface area (Å²) in [5.74, 6) is -0.770. The Labute approximate surface area is 191 Å². The molecule has 2 saturated heterocycles. The highest BCUT2D eigenvalue weighted by molar-refractivity contribution is 6.23. The van der Waals surface area contributed by atoms with Crippen LogP contribution in [0.5, 0.6) is 5.75 Å². The van der Waals surface area contributed by atoms with E-state index >= 15 is 0 Å². The molecule has 3 unspecified atom stereocenters. The first-order valence-electron chi connectivity index (χ1n) is 10.7. The van der Waals surface area contributed by atoms with E-state index in [9.17, 15) is 9.59 Å². The van der Waals surface area contributed by atoms with Crippen molar-refractivity contribution in [3.63, 3.8) is 0 Å². The van der Waals surface area contributed by atoms with E-state index in [1.54, 1.807) is 41.5 Å². The van der Waals surface area contributed by atoms with Gasteiger partial charge in [-0.15, -0.1) is 0 Å². The Hall–Kier alpha value is -4.15. The second-order valence-electron chi connectivity index (χ2n) is 7.83. The fourth-order valence-electron chi connectivity index (χ4n) is 4.42. The summed E-state index contributed by atoms with van der Waals surface area (Å²) in [5.41, 5.74) is 2.54. The number of nitriles is 1. The molecule has 33 heavy (non-hydrogen) atoms. The van der Waals surface area contributed by atoms with Gasteiger partial charge in [0.25, 0.3) is 5.91 Å². The first-order valence-corrected chi connectivity index (χ1v) is 10.7. The molecule has 2 fully saturated rings. The molecule has 0 aliphatic carbocycles. The molecular formula is C26H21N3O4. The Morgan fingerprint density at radius 2 is 1.61 bits per heavy atom. The molecular weight excluding hydrogens is 418 g/mol. The summed E-state index contributed by atoms with van der Waals surface area (Å²) in [7, 11) is 0. The highest BCUT2D eigenvalue weighted by Crippen LogP contribution is 2.47. The molecule has 0 spiro atoms. The molecule has 164 valence electrons. The zero-order chi connectivity index (χ0) is 22.9. The Kier molecular flexibility index (Phi) is 5.29. The summed E-state index contributed by atoms with van der Waals surface area (Å²) >= 11 is 0. The number of benzene rings is 3. The van der Waals surface area contributed by atoms with Crippen LogP contribution in [0.4, 0.5) is 11.4 Å². The van der Waals surface area contributed by atoms with Crippen molar-refractivity contribution >= 4 is 23.2 Å². The number of amides is 2. The SMILES string of the molecule is CCOc1ccc(N2C(=O)C3ON(c4ccccc4)C(c4ccc(C#N)cc4)C3C2=O)cc1. The second-order valence-corrected chi connectivity index (χ2v) is 7.83. The number of carbonyl (C=O) groups excluding carboxylic acids is 2. The average molecular weight is 439 g/mol. The van der Waals surface area contributed by atoms with Crippen molar-refractivity contribution in [2.75, 3.05) is 16.6 Å². The fourth-order valence-corrected chi connectivity index (χ4v) is 4.42. The van der Waals surface area contributed by atoms with Crippen LogP contribution >= 0.6 is 0 Å². The van der Waals surface area contributed by atoms with Gasteiger partial charge in [-0.1, -0.05) is 30.3 Å². The number of ether oxygens (including phenoxy) is 1. The maximum Gasteiger partial charge on any atom is 0.266 e. The summed E-state index contributed by atoms with van der Waals surface area (Å²) in [6.45, 7) is 2.42. The van der Waals surface area contributed by atoms with E-state index in [4.69, 9.17) is 14.8 Å². The number of carbonyl (C=O) groups is 2. The first-order chi connectivity index (χ1) is 16.1. The van der Waals surface area contributed by atoms with Crippen LogP contribution in [0.25, 0.3) is 0 Å². The van der Waals surface area contributed by atoms with E-state index in [2.05, 4.69) is 6.07 Å². The number of fused-ring (bicyclic) bond motifs is 1. The van der Waals surface area contributed by atoms with E-state index in [0.717, 1.165) is 11.3 Å². The Morgan fingerprint density at radius 3 is 2.24 bits per heavy atom. The third-order valence-corrected chi connectivity index (χ3v) is 5.91. The lowest BCUT2D eigenvalue weighted by Gasteiger charge is -2.28. The van der Waals surface area contributed by atoms with Gasteiger partial charge in [0.1, 0.15) is 11.7 Å². The Balaban J connectivity index is 1.53. The van der Waals surface area contributed by atoms with Gasteiger partial charge in [-0.25, -0.2) is 9.96 Å². The normalized spacial score (nSPS) is 21.8. The van der Waals surface area contributed by atoms with Gasteiger partial charge in [-0.05, 0) is 61.0 Å². The lowest BCUT2D eigenvalue weighted by atomic mass is 9.90. The molecule has 2 aliphatic rings. The number of hydrogen-bond acceptors (Lipinski definition) is 6. The summed E-state index contributed by atoms with van der Waals surface area (Å²) in [6, 6.07) is 24.9. The number of nitrogens with zero attached hydrogens (tertiary/aromatic N) is 3. The lowest BCUT2D eigenvalue weighted by Crippen LogP contribution is -2.37. The molecule has 0 radical (unpaired) electrons. The minimum atomic E-state index is -0.940. The van der Waals surface area contributed by atoms with Gasteiger partial charge in [0.05, 0.1) is 35.7 Å².